The van der Waals surface area contributed by atoms with Gasteiger partial charge in [0.25, 0.3) is 0 Å². The van der Waals surface area contributed by atoms with Crippen LogP contribution in [-0.4, -0.2) is 75.5 Å². The van der Waals surface area contributed by atoms with Crippen molar-refractivity contribution in [3.05, 3.63) is 18.2 Å². The summed E-state index contributed by atoms with van der Waals surface area (Å²) in [5, 5.41) is 17.5. The number of amides is 1. The zero-order valence-electron chi connectivity index (χ0n) is 14.9. The maximum Gasteiger partial charge on any atom is 0.225 e. The molecule has 0 spiro atoms. The summed E-state index contributed by atoms with van der Waals surface area (Å²) in [4.78, 5) is 22.5. The highest BCUT2D eigenvalue weighted by Gasteiger charge is 2.25. The van der Waals surface area contributed by atoms with E-state index in [1.807, 2.05) is 36.1 Å². The van der Waals surface area contributed by atoms with Crippen LogP contribution in [0.1, 0.15) is 19.2 Å². The quantitative estimate of drug-likeness (QED) is 0.656. The number of rotatable bonds is 7. The number of carbonyl (C=O) groups excluding carboxylic acids is 1. The lowest BCUT2D eigenvalue weighted by Crippen LogP contribution is -2.52. The first kappa shape index (κ1) is 18.9. The molecule has 1 aromatic heterocycles. The van der Waals surface area contributed by atoms with Crippen molar-refractivity contribution in [2.45, 2.75) is 25.9 Å². The van der Waals surface area contributed by atoms with Crippen LogP contribution in [0, 0.1) is 22.7 Å². The molecule has 2 rings (SSSR count). The SMILES string of the molecule is C[C@@H]1CN(CCC(=O)N(CC#N)CC#N)CCN1Cc1nccn1C. The van der Waals surface area contributed by atoms with E-state index in [2.05, 4.69) is 21.7 Å². The summed E-state index contributed by atoms with van der Waals surface area (Å²) in [5.74, 6) is 0.922. The Bertz CT molecular complexity index is 641. The van der Waals surface area contributed by atoms with Crippen molar-refractivity contribution >= 4 is 5.91 Å². The molecule has 2 heterocycles. The summed E-state index contributed by atoms with van der Waals surface area (Å²) in [7, 11) is 2.00. The zero-order valence-corrected chi connectivity index (χ0v) is 14.9. The van der Waals surface area contributed by atoms with Gasteiger partial charge < -0.3 is 14.4 Å². The largest absolute Gasteiger partial charge is 0.337 e. The Morgan fingerprint density at radius 2 is 2.08 bits per heavy atom. The summed E-state index contributed by atoms with van der Waals surface area (Å²) in [6.07, 6.45) is 4.11. The number of piperazine rings is 1. The topological polar surface area (TPSA) is 92.2 Å². The lowest BCUT2D eigenvalue weighted by molar-refractivity contribution is -0.130. The van der Waals surface area contributed by atoms with Crippen molar-refractivity contribution in [3.63, 3.8) is 0 Å². The molecule has 0 bridgehead atoms. The Morgan fingerprint density at radius 3 is 2.64 bits per heavy atom. The molecule has 1 atom stereocenters. The predicted octanol–water partition coefficient (Wildman–Crippen LogP) is 0.192. The normalized spacial score (nSPS) is 18.5. The van der Waals surface area contributed by atoms with E-state index in [0.29, 0.717) is 19.0 Å². The fourth-order valence-electron chi connectivity index (χ4n) is 3.05. The molecule has 1 amide bonds. The van der Waals surface area contributed by atoms with E-state index in [-0.39, 0.29) is 19.0 Å². The van der Waals surface area contributed by atoms with Gasteiger partial charge in [0.05, 0.1) is 18.7 Å². The number of carbonyl (C=O) groups is 1. The lowest BCUT2D eigenvalue weighted by Gasteiger charge is -2.39. The van der Waals surface area contributed by atoms with Crippen LogP contribution in [-0.2, 0) is 18.4 Å². The van der Waals surface area contributed by atoms with E-state index in [9.17, 15) is 4.79 Å². The molecule has 0 aliphatic carbocycles. The van der Waals surface area contributed by atoms with Crippen molar-refractivity contribution in [1.82, 2.24) is 24.3 Å². The fraction of sp³-hybridized carbons (Fsp3) is 0.647. The van der Waals surface area contributed by atoms with E-state index >= 15 is 0 Å². The van der Waals surface area contributed by atoms with Gasteiger partial charge in [-0.05, 0) is 6.92 Å². The summed E-state index contributed by atoms with van der Waals surface area (Å²) in [6.45, 7) is 6.35. The van der Waals surface area contributed by atoms with Crippen LogP contribution in [0.2, 0.25) is 0 Å². The Hall–Kier alpha value is -2.42. The summed E-state index contributed by atoms with van der Waals surface area (Å²) in [5.41, 5.74) is 0. The monoisotopic (exact) mass is 343 g/mol. The summed E-state index contributed by atoms with van der Waals surface area (Å²) < 4.78 is 2.04. The number of hydrogen-bond donors (Lipinski definition) is 0. The van der Waals surface area contributed by atoms with Crippen molar-refractivity contribution < 1.29 is 4.79 Å². The van der Waals surface area contributed by atoms with E-state index in [1.54, 1.807) is 0 Å². The maximum atomic E-state index is 12.1. The molecular weight excluding hydrogens is 318 g/mol. The highest BCUT2D eigenvalue weighted by Crippen LogP contribution is 2.13. The predicted molar refractivity (Wildman–Crippen MR) is 91.9 cm³/mol. The van der Waals surface area contributed by atoms with E-state index in [1.165, 1.54) is 4.90 Å². The molecule has 8 nitrogen and oxygen atoms in total. The van der Waals surface area contributed by atoms with E-state index < -0.39 is 0 Å². The van der Waals surface area contributed by atoms with Gasteiger partial charge in [-0.1, -0.05) is 0 Å². The van der Waals surface area contributed by atoms with Crippen LogP contribution < -0.4 is 0 Å². The number of aromatic nitrogens is 2. The van der Waals surface area contributed by atoms with Crippen molar-refractivity contribution in [3.8, 4) is 12.1 Å². The second-order valence-corrected chi connectivity index (χ2v) is 6.39. The standard InChI is InChI=1S/C17H25N7O/c1-15-13-22(7-3-17(25)23(8-4-18)9-5-19)11-12-24(15)14-16-20-6-10-21(16)2/h6,10,15H,3,7-9,11-14H2,1-2H3/t15-/m1/s1. The minimum atomic E-state index is -0.133. The smallest absolute Gasteiger partial charge is 0.225 e. The van der Waals surface area contributed by atoms with Gasteiger partial charge in [-0.3, -0.25) is 9.69 Å². The molecule has 0 N–H and O–H groups in total. The second-order valence-electron chi connectivity index (χ2n) is 6.39. The Labute approximate surface area is 148 Å². The molecule has 0 aromatic carbocycles. The third-order valence-electron chi connectivity index (χ3n) is 4.63. The molecule has 0 radical (unpaired) electrons. The fourth-order valence-corrected chi connectivity index (χ4v) is 3.05. The van der Waals surface area contributed by atoms with E-state index in [4.69, 9.17) is 10.5 Å². The van der Waals surface area contributed by atoms with Crippen LogP contribution in [0.25, 0.3) is 0 Å². The summed E-state index contributed by atoms with van der Waals surface area (Å²) in [6, 6.07) is 4.26. The number of nitrogens with zero attached hydrogens (tertiary/aromatic N) is 7. The molecule has 1 aliphatic rings. The molecule has 134 valence electrons. The van der Waals surface area contributed by atoms with Crippen molar-refractivity contribution in [2.24, 2.45) is 7.05 Å². The minimum Gasteiger partial charge on any atom is -0.337 e. The van der Waals surface area contributed by atoms with Gasteiger partial charge in [0.1, 0.15) is 18.9 Å². The average molecular weight is 343 g/mol. The van der Waals surface area contributed by atoms with Gasteiger partial charge >= 0.3 is 0 Å². The molecule has 1 fully saturated rings. The van der Waals surface area contributed by atoms with Crippen molar-refractivity contribution in [2.75, 3.05) is 39.3 Å². The molecule has 1 saturated heterocycles. The summed E-state index contributed by atoms with van der Waals surface area (Å²) >= 11 is 0. The highest BCUT2D eigenvalue weighted by molar-refractivity contribution is 5.76. The third-order valence-corrected chi connectivity index (χ3v) is 4.63. The number of imidazole rings is 1. The van der Waals surface area contributed by atoms with Gasteiger partial charge in [0, 0.05) is 58.1 Å². The molecule has 8 heteroatoms. The molecule has 25 heavy (non-hydrogen) atoms. The second kappa shape index (κ2) is 9.16. The van der Waals surface area contributed by atoms with Crippen LogP contribution in [0.3, 0.4) is 0 Å². The van der Waals surface area contributed by atoms with Gasteiger partial charge in [0.2, 0.25) is 5.91 Å². The number of aryl methyl sites for hydroxylation is 1. The lowest BCUT2D eigenvalue weighted by atomic mass is 10.1. The molecule has 1 aromatic rings. The van der Waals surface area contributed by atoms with Crippen LogP contribution in [0.5, 0.6) is 0 Å². The Balaban J connectivity index is 1.79. The minimum absolute atomic E-state index is 0.0275. The first-order valence-corrected chi connectivity index (χ1v) is 8.49. The molecular formula is C17H25N7O. The van der Waals surface area contributed by atoms with Crippen LogP contribution in [0.15, 0.2) is 12.4 Å². The number of nitriles is 2. The molecule has 0 saturated carbocycles. The average Bonchev–Trinajstić information content (AvgIpc) is 2.99. The molecule has 0 unspecified atom stereocenters. The van der Waals surface area contributed by atoms with Gasteiger partial charge in [-0.15, -0.1) is 0 Å². The van der Waals surface area contributed by atoms with Crippen LogP contribution in [0.4, 0.5) is 0 Å². The zero-order chi connectivity index (χ0) is 18.2. The first-order chi connectivity index (χ1) is 12.0. The van der Waals surface area contributed by atoms with Crippen molar-refractivity contribution in [1.29, 1.82) is 10.5 Å². The highest BCUT2D eigenvalue weighted by atomic mass is 16.2. The van der Waals surface area contributed by atoms with Crippen LogP contribution >= 0.6 is 0 Å². The third kappa shape index (κ3) is 5.28. The molecule has 1 aliphatic heterocycles. The Kier molecular flexibility index (Phi) is 6.93. The number of hydrogen-bond acceptors (Lipinski definition) is 6. The first-order valence-electron chi connectivity index (χ1n) is 8.49. The van der Waals surface area contributed by atoms with Gasteiger partial charge in [-0.25, -0.2) is 4.98 Å². The Morgan fingerprint density at radius 1 is 1.36 bits per heavy atom. The maximum absolute atomic E-state index is 12.1. The van der Waals surface area contributed by atoms with Gasteiger partial charge in [0.15, 0.2) is 0 Å². The van der Waals surface area contributed by atoms with E-state index in [0.717, 1.165) is 32.0 Å². The van der Waals surface area contributed by atoms with Gasteiger partial charge in [-0.2, -0.15) is 10.5 Å².